The van der Waals surface area contributed by atoms with Gasteiger partial charge >= 0.3 is 0 Å². The minimum atomic E-state index is 0.399. The van der Waals surface area contributed by atoms with E-state index in [-0.39, 0.29) is 0 Å². The molecule has 0 fully saturated rings. The van der Waals surface area contributed by atoms with Crippen molar-refractivity contribution in [3.63, 3.8) is 0 Å². The maximum Gasteiger partial charge on any atom is -0.000531 e. The summed E-state index contributed by atoms with van der Waals surface area (Å²) in [5.41, 5.74) is 11.1. The van der Waals surface area contributed by atoms with E-state index in [2.05, 4.69) is 192 Å². The lowest BCUT2D eigenvalue weighted by molar-refractivity contribution is 0.832. The molecule has 6 aromatic rings. The van der Waals surface area contributed by atoms with Crippen LogP contribution in [0.25, 0.3) is 44.2 Å². The molecule has 0 aromatic heterocycles. The molecule has 0 saturated heterocycles. The van der Waals surface area contributed by atoms with Crippen LogP contribution in [0, 0.1) is 5.92 Å². The standard InChI is InChI=1S/C45H40/c1-5-33(4)41(35-22-12-7-13-23-35)45-43(37-26-16-9-17-27-37)40-29-19-18-28-39(40)42(36-24-14-8-15-25-36)44(45)38(31-30-32(2)3)34-20-10-6-11-21-34/h5-32H,1-4H3/b31-30+,33-5+,44-38+,45-41+. The smallest absolute Gasteiger partial charge is 0.000531 e. The van der Waals surface area contributed by atoms with E-state index in [1.807, 2.05) is 0 Å². The van der Waals surface area contributed by atoms with Crippen LogP contribution in [-0.4, -0.2) is 0 Å². The fourth-order valence-corrected chi connectivity index (χ4v) is 6.32. The highest BCUT2D eigenvalue weighted by Gasteiger charge is 2.20. The first-order valence-corrected chi connectivity index (χ1v) is 15.9. The van der Waals surface area contributed by atoms with E-state index in [0.29, 0.717) is 5.92 Å². The minimum absolute atomic E-state index is 0.399. The third-order valence-electron chi connectivity index (χ3n) is 8.48. The van der Waals surface area contributed by atoms with Crippen molar-refractivity contribution >= 4 is 21.9 Å². The number of allylic oxidation sites excluding steroid dienone is 4. The van der Waals surface area contributed by atoms with E-state index >= 15 is 0 Å². The lowest BCUT2D eigenvalue weighted by Crippen LogP contribution is -2.35. The van der Waals surface area contributed by atoms with Gasteiger partial charge in [0.2, 0.25) is 0 Å². The quantitative estimate of drug-likeness (QED) is 0.176. The molecule has 0 unspecified atom stereocenters. The number of rotatable bonds is 7. The van der Waals surface area contributed by atoms with Crippen LogP contribution in [0.1, 0.15) is 38.8 Å². The molecular formula is C45H40. The van der Waals surface area contributed by atoms with Crippen LogP contribution in [0.5, 0.6) is 0 Å². The van der Waals surface area contributed by atoms with Crippen molar-refractivity contribution in [2.24, 2.45) is 5.92 Å². The molecule has 6 aromatic carbocycles. The molecule has 0 spiro atoms. The molecule has 0 heterocycles. The second kappa shape index (κ2) is 13.6. The van der Waals surface area contributed by atoms with Crippen molar-refractivity contribution in [1.29, 1.82) is 0 Å². The molecule has 0 bridgehead atoms. The number of benzene rings is 6. The Hall–Kier alpha value is -5.20. The summed E-state index contributed by atoms with van der Waals surface area (Å²) in [6, 6.07) is 52.7. The van der Waals surface area contributed by atoms with E-state index in [1.165, 1.54) is 71.3 Å². The molecule has 0 amide bonds. The van der Waals surface area contributed by atoms with Crippen LogP contribution in [0.4, 0.5) is 0 Å². The van der Waals surface area contributed by atoms with Gasteiger partial charge in [-0.3, -0.25) is 0 Å². The highest BCUT2D eigenvalue weighted by Crippen LogP contribution is 2.34. The molecular weight excluding hydrogens is 540 g/mol. The van der Waals surface area contributed by atoms with Crippen LogP contribution in [0.15, 0.2) is 169 Å². The topological polar surface area (TPSA) is 0 Å². The minimum Gasteiger partial charge on any atom is -0.0841 e. The average Bonchev–Trinajstić information content (AvgIpc) is 3.09. The monoisotopic (exact) mass is 580 g/mol. The van der Waals surface area contributed by atoms with Crippen molar-refractivity contribution in [3.05, 3.63) is 191 Å². The first-order valence-electron chi connectivity index (χ1n) is 15.9. The van der Waals surface area contributed by atoms with Gasteiger partial charge in [-0.2, -0.15) is 0 Å². The highest BCUT2D eigenvalue weighted by atomic mass is 14.2. The van der Waals surface area contributed by atoms with Crippen LogP contribution in [0.3, 0.4) is 0 Å². The lowest BCUT2D eigenvalue weighted by atomic mass is 9.82. The highest BCUT2D eigenvalue weighted by molar-refractivity contribution is 6.08. The summed E-state index contributed by atoms with van der Waals surface area (Å²) in [5.74, 6) is 0.399. The van der Waals surface area contributed by atoms with Crippen LogP contribution in [0.2, 0.25) is 0 Å². The lowest BCUT2D eigenvalue weighted by Gasteiger charge is -2.21. The second-order valence-electron chi connectivity index (χ2n) is 11.9. The molecule has 0 radical (unpaired) electrons. The van der Waals surface area contributed by atoms with Crippen LogP contribution < -0.4 is 10.4 Å². The molecule has 0 heteroatoms. The van der Waals surface area contributed by atoms with Gasteiger partial charge in [0.05, 0.1) is 0 Å². The van der Waals surface area contributed by atoms with Gasteiger partial charge in [-0.25, -0.2) is 0 Å². The van der Waals surface area contributed by atoms with Crippen molar-refractivity contribution in [1.82, 2.24) is 0 Å². The van der Waals surface area contributed by atoms with Gasteiger partial charge in [-0.05, 0) is 91.1 Å². The summed E-state index contributed by atoms with van der Waals surface area (Å²) in [6.45, 7) is 8.91. The summed E-state index contributed by atoms with van der Waals surface area (Å²) in [7, 11) is 0. The van der Waals surface area contributed by atoms with Crippen molar-refractivity contribution in [2.45, 2.75) is 27.7 Å². The first kappa shape index (κ1) is 29.9. The molecule has 0 aliphatic rings. The first-order chi connectivity index (χ1) is 22.1. The van der Waals surface area contributed by atoms with Gasteiger partial charge in [0.15, 0.2) is 0 Å². The number of hydrogen-bond donors (Lipinski definition) is 0. The predicted molar refractivity (Wildman–Crippen MR) is 195 cm³/mol. The Morgan fingerprint density at radius 2 is 0.933 bits per heavy atom. The largest absolute Gasteiger partial charge is 0.0841 e. The summed E-state index contributed by atoms with van der Waals surface area (Å²) in [4.78, 5) is 0. The Morgan fingerprint density at radius 3 is 1.40 bits per heavy atom. The van der Waals surface area contributed by atoms with Gasteiger partial charge < -0.3 is 0 Å². The average molecular weight is 581 g/mol. The maximum absolute atomic E-state index is 2.36. The molecule has 0 aliphatic heterocycles. The Labute approximate surface area is 268 Å². The van der Waals surface area contributed by atoms with E-state index in [0.717, 1.165) is 0 Å². The van der Waals surface area contributed by atoms with Crippen molar-refractivity contribution < 1.29 is 0 Å². The summed E-state index contributed by atoms with van der Waals surface area (Å²) >= 11 is 0. The van der Waals surface area contributed by atoms with E-state index in [4.69, 9.17) is 0 Å². The van der Waals surface area contributed by atoms with Gasteiger partial charge in [-0.15, -0.1) is 0 Å². The molecule has 45 heavy (non-hydrogen) atoms. The van der Waals surface area contributed by atoms with Crippen molar-refractivity contribution in [2.75, 3.05) is 0 Å². The number of fused-ring (bicyclic) bond motifs is 1. The molecule has 0 nitrogen and oxygen atoms in total. The zero-order valence-electron chi connectivity index (χ0n) is 26.7. The van der Waals surface area contributed by atoms with Gasteiger partial charge in [0.1, 0.15) is 0 Å². The van der Waals surface area contributed by atoms with Gasteiger partial charge in [0, 0.05) is 0 Å². The third-order valence-corrected chi connectivity index (χ3v) is 8.48. The zero-order chi connectivity index (χ0) is 31.2. The molecule has 0 atom stereocenters. The fraction of sp³-hybridized carbons (Fsp3) is 0.111. The van der Waals surface area contributed by atoms with E-state index in [1.54, 1.807) is 0 Å². The predicted octanol–water partition coefficient (Wildman–Crippen LogP) is 10.8. The Bertz CT molecular complexity index is 2100. The molecule has 220 valence electrons. The van der Waals surface area contributed by atoms with Gasteiger partial charge in [0.25, 0.3) is 0 Å². The van der Waals surface area contributed by atoms with E-state index < -0.39 is 0 Å². The Morgan fingerprint density at radius 1 is 0.511 bits per heavy atom. The summed E-state index contributed by atoms with van der Waals surface area (Å²) in [5, 5.41) is 5.01. The Balaban J connectivity index is 2.10. The SMILES string of the molecule is C/C=C(C)/C(c1ccccc1)=c1/c(-c2ccccc2)c2ccccc2c(-c2ccccc2)/c1=C(/C=C/C(C)C)c1ccccc1. The Kier molecular flexibility index (Phi) is 9.04. The molecule has 0 saturated carbocycles. The summed E-state index contributed by atoms with van der Waals surface area (Å²) in [6.07, 6.45) is 6.95. The zero-order valence-corrected chi connectivity index (χ0v) is 26.7. The second-order valence-corrected chi connectivity index (χ2v) is 11.9. The molecule has 0 aliphatic carbocycles. The number of hydrogen-bond acceptors (Lipinski definition) is 0. The van der Waals surface area contributed by atoms with Crippen molar-refractivity contribution in [3.8, 4) is 22.3 Å². The molecule has 6 rings (SSSR count). The van der Waals surface area contributed by atoms with Gasteiger partial charge in [-0.1, -0.05) is 178 Å². The van der Waals surface area contributed by atoms with Crippen LogP contribution in [-0.2, 0) is 0 Å². The summed E-state index contributed by atoms with van der Waals surface area (Å²) < 4.78 is 0. The van der Waals surface area contributed by atoms with E-state index in [9.17, 15) is 0 Å². The third kappa shape index (κ3) is 6.10. The molecule has 0 N–H and O–H groups in total. The fourth-order valence-electron chi connectivity index (χ4n) is 6.32. The normalized spacial score (nSPS) is 13.4. The maximum atomic E-state index is 2.36. The van der Waals surface area contributed by atoms with Crippen LogP contribution >= 0.6 is 0 Å².